The molecule has 3 aromatic rings. The molecule has 6 heteroatoms. The monoisotopic (exact) mass is 314 g/mol. The van der Waals surface area contributed by atoms with Gasteiger partial charge in [0.2, 0.25) is 10.1 Å². The maximum atomic E-state index is 9.93. The lowest BCUT2D eigenvalue weighted by atomic mass is 10.0. The van der Waals surface area contributed by atoms with Crippen molar-refractivity contribution in [3.05, 3.63) is 29.5 Å². The summed E-state index contributed by atoms with van der Waals surface area (Å²) >= 11 is 1.57. The van der Waals surface area contributed by atoms with Crippen LogP contribution in [0.25, 0.3) is 16.2 Å². The number of hydrogen-bond donors (Lipinski definition) is 2. The van der Waals surface area contributed by atoms with Crippen molar-refractivity contribution in [3.63, 3.8) is 0 Å². The summed E-state index contributed by atoms with van der Waals surface area (Å²) < 4.78 is 1.88. The molecule has 0 atom stereocenters. The van der Waals surface area contributed by atoms with Crippen LogP contribution in [0.3, 0.4) is 0 Å². The molecule has 1 aromatic carbocycles. The van der Waals surface area contributed by atoms with Crippen LogP contribution in [0.2, 0.25) is 0 Å². The number of fused-ring (bicyclic) bond motifs is 1. The molecule has 0 radical (unpaired) electrons. The fraction of sp³-hybridized carbons (Fsp3) is 0.375. The van der Waals surface area contributed by atoms with Gasteiger partial charge in [-0.25, -0.2) is 9.50 Å². The molecule has 0 unspecified atom stereocenters. The molecule has 0 spiro atoms. The van der Waals surface area contributed by atoms with Gasteiger partial charge in [-0.05, 0) is 55.9 Å². The number of aromatic hydroxyl groups is 1. The third kappa shape index (κ3) is 2.33. The zero-order valence-corrected chi connectivity index (χ0v) is 13.4. The van der Waals surface area contributed by atoms with Gasteiger partial charge in [-0.1, -0.05) is 11.3 Å². The Labute approximate surface area is 132 Å². The summed E-state index contributed by atoms with van der Waals surface area (Å²) in [6.07, 6.45) is 4.49. The highest BCUT2D eigenvalue weighted by atomic mass is 32.1. The van der Waals surface area contributed by atoms with Gasteiger partial charge in [-0.15, -0.1) is 5.10 Å². The van der Waals surface area contributed by atoms with Crippen LogP contribution >= 0.6 is 11.3 Å². The summed E-state index contributed by atoms with van der Waals surface area (Å²) in [6, 6.07) is 3.95. The van der Waals surface area contributed by atoms with E-state index >= 15 is 0 Å². The van der Waals surface area contributed by atoms with Crippen molar-refractivity contribution in [3.8, 4) is 17.0 Å². The fourth-order valence-electron chi connectivity index (χ4n) is 2.62. The van der Waals surface area contributed by atoms with Crippen molar-refractivity contribution < 1.29 is 5.11 Å². The molecule has 0 bridgehead atoms. The number of aromatic nitrogens is 3. The smallest absolute Gasteiger partial charge is 0.214 e. The minimum atomic E-state index is 0.356. The molecular weight excluding hydrogens is 296 g/mol. The Morgan fingerprint density at radius 1 is 1.32 bits per heavy atom. The predicted octanol–water partition coefficient (Wildman–Crippen LogP) is 3.60. The second-order valence-corrected chi connectivity index (χ2v) is 6.98. The fourth-order valence-corrected chi connectivity index (χ4v) is 3.40. The quantitative estimate of drug-likeness (QED) is 0.772. The first-order valence-electron chi connectivity index (χ1n) is 7.51. The molecule has 0 saturated heterocycles. The third-order valence-electron chi connectivity index (χ3n) is 4.11. The number of rotatable bonds is 4. The highest BCUT2D eigenvalue weighted by Crippen LogP contribution is 2.32. The van der Waals surface area contributed by atoms with E-state index in [9.17, 15) is 5.11 Å². The Kier molecular flexibility index (Phi) is 3.07. The van der Waals surface area contributed by atoms with Crippen LogP contribution in [0.4, 0.5) is 5.13 Å². The number of nitrogens with one attached hydrogen (secondary N) is 1. The molecule has 0 amide bonds. The molecule has 1 saturated carbocycles. The van der Waals surface area contributed by atoms with Crippen LogP contribution in [-0.4, -0.2) is 26.2 Å². The van der Waals surface area contributed by atoms with E-state index in [1.54, 1.807) is 11.3 Å². The van der Waals surface area contributed by atoms with Crippen LogP contribution in [-0.2, 0) is 0 Å². The van der Waals surface area contributed by atoms with Gasteiger partial charge in [-0.3, -0.25) is 0 Å². The highest BCUT2D eigenvalue weighted by molar-refractivity contribution is 7.20. The average Bonchev–Trinajstić information content (AvgIpc) is 3.10. The summed E-state index contributed by atoms with van der Waals surface area (Å²) in [5.41, 5.74) is 3.72. The normalized spacial score (nSPS) is 14.6. The number of anilines is 1. The Balaban J connectivity index is 1.71. The Bertz CT molecular complexity index is 824. The second-order valence-electron chi connectivity index (χ2n) is 6.03. The van der Waals surface area contributed by atoms with E-state index in [2.05, 4.69) is 15.4 Å². The molecule has 1 fully saturated rings. The van der Waals surface area contributed by atoms with E-state index in [4.69, 9.17) is 0 Å². The summed E-state index contributed by atoms with van der Waals surface area (Å²) in [5, 5.41) is 18.9. The standard InChI is InChI=1S/C16H18N4OS/c1-9-5-12(6-10(2)14(9)21)13-8-18-16-20(13)19-15(22-16)17-7-11-3-4-11/h5-6,8,11,21H,3-4,7H2,1-2H3,(H,17,19). The van der Waals surface area contributed by atoms with Gasteiger partial charge in [0.25, 0.3) is 0 Å². The molecule has 5 nitrogen and oxygen atoms in total. The Morgan fingerprint density at radius 3 is 2.73 bits per heavy atom. The lowest BCUT2D eigenvalue weighted by molar-refractivity contribution is 0.467. The first-order valence-corrected chi connectivity index (χ1v) is 8.32. The average molecular weight is 314 g/mol. The van der Waals surface area contributed by atoms with Crippen LogP contribution in [0, 0.1) is 19.8 Å². The lowest BCUT2D eigenvalue weighted by Crippen LogP contribution is -2.03. The molecule has 2 heterocycles. The van der Waals surface area contributed by atoms with Crippen molar-refractivity contribution in [2.45, 2.75) is 26.7 Å². The van der Waals surface area contributed by atoms with E-state index in [0.717, 1.165) is 44.9 Å². The van der Waals surface area contributed by atoms with Gasteiger partial charge in [0, 0.05) is 12.1 Å². The summed E-state index contributed by atoms with van der Waals surface area (Å²) in [5.74, 6) is 1.17. The summed E-state index contributed by atoms with van der Waals surface area (Å²) in [6.45, 7) is 4.82. The zero-order chi connectivity index (χ0) is 15.3. The lowest BCUT2D eigenvalue weighted by Gasteiger charge is -2.06. The number of benzene rings is 1. The highest BCUT2D eigenvalue weighted by Gasteiger charge is 2.21. The third-order valence-corrected chi connectivity index (χ3v) is 4.99. The maximum absolute atomic E-state index is 9.93. The molecule has 2 aromatic heterocycles. The molecule has 1 aliphatic rings. The van der Waals surface area contributed by atoms with Crippen molar-refractivity contribution >= 4 is 21.4 Å². The van der Waals surface area contributed by atoms with Gasteiger partial charge in [0.05, 0.1) is 11.9 Å². The number of phenolic OH excluding ortho intramolecular Hbond substituents is 1. The van der Waals surface area contributed by atoms with Gasteiger partial charge in [-0.2, -0.15) is 0 Å². The zero-order valence-electron chi connectivity index (χ0n) is 12.6. The van der Waals surface area contributed by atoms with Crippen LogP contribution in [0.5, 0.6) is 5.75 Å². The summed E-state index contributed by atoms with van der Waals surface area (Å²) in [7, 11) is 0. The summed E-state index contributed by atoms with van der Waals surface area (Å²) in [4.78, 5) is 5.34. The van der Waals surface area contributed by atoms with Crippen LogP contribution in [0.15, 0.2) is 18.3 Å². The van der Waals surface area contributed by atoms with Gasteiger partial charge >= 0.3 is 0 Å². The van der Waals surface area contributed by atoms with Gasteiger partial charge in [0.15, 0.2) is 0 Å². The van der Waals surface area contributed by atoms with E-state index in [0.29, 0.717) is 5.75 Å². The maximum Gasteiger partial charge on any atom is 0.214 e. The number of imidazole rings is 1. The molecule has 4 rings (SSSR count). The first kappa shape index (κ1) is 13.6. The van der Waals surface area contributed by atoms with Crippen molar-refractivity contribution in [1.29, 1.82) is 0 Å². The minimum absolute atomic E-state index is 0.356. The predicted molar refractivity (Wildman–Crippen MR) is 88.7 cm³/mol. The molecule has 1 aliphatic carbocycles. The molecule has 114 valence electrons. The largest absolute Gasteiger partial charge is 0.507 e. The van der Waals surface area contributed by atoms with Crippen LogP contribution < -0.4 is 5.32 Å². The van der Waals surface area contributed by atoms with Gasteiger partial charge < -0.3 is 10.4 Å². The SMILES string of the molecule is Cc1cc(-c2cnc3sc(NCC4CC4)nn23)cc(C)c1O. The first-order chi connectivity index (χ1) is 10.6. The minimum Gasteiger partial charge on any atom is -0.507 e. The molecule has 22 heavy (non-hydrogen) atoms. The number of hydrogen-bond acceptors (Lipinski definition) is 5. The van der Waals surface area contributed by atoms with Crippen molar-refractivity contribution in [2.24, 2.45) is 5.92 Å². The molecule has 0 aliphatic heterocycles. The van der Waals surface area contributed by atoms with E-state index in [1.807, 2.05) is 36.7 Å². The van der Waals surface area contributed by atoms with Crippen molar-refractivity contribution in [2.75, 3.05) is 11.9 Å². The number of aryl methyl sites for hydroxylation is 2. The van der Waals surface area contributed by atoms with Crippen molar-refractivity contribution in [1.82, 2.24) is 14.6 Å². The topological polar surface area (TPSA) is 62.5 Å². The van der Waals surface area contributed by atoms with E-state index < -0.39 is 0 Å². The van der Waals surface area contributed by atoms with E-state index in [-0.39, 0.29) is 0 Å². The van der Waals surface area contributed by atoms with Gasteiger partial charge in [0.1, 0.15) is 5.75 Å². The Morgan fingerprint density at radius 2 is 2.05 bits per heavy atom. The number of nitrogens with zero attached hydrogens (tertiary/aromatic N) is 3. The molecule has 2 N–H and O–H groups in total. The Hall–Kier alpha value is -2.08. The number of phenols is 1. The van der Waals surface area contributed by atoms with Crippen LogP contribution in [0.1, 0.15) is 24.0 Å². The second kappa shape index (κ2) is 4.98. The van der Waals surface area contributed by atoms with E-state index in [1.165, 1.54) is 12.8 Å². The molecular formula is C16H18N4OS.